The van der Waals surface area contributed by atoms with E-state index in [-0.39, 0.29) is 0 Å². The van der Waals surface area contributed by atoms with Crippen molar-refractivity contribution < 1.29 is 4.42 Å². The quantitative estimate of drug-likeness (QED) is 0.662. The van der Waals surface area contributed by atoms with Crippen LogP contribution in [-0.2, 0) is 6.54 Å². The van der Waals surface area contributed by atoms with Gasteiger partial charge in [-0.1, -0.05) is 0 Å². The monoisotopic (exact) mass is 148 g/mol. The zero-order valence-electron chi connectivity index (χ0n) is 5.95. The molecule has 0 atom stereocenters. The van der Waals surface area contributed by atoms with Crippen LogP contribution in [0.5, 0.6) is 0 Å². The van der Waals surface area contributed by atoms with Crippen molar-refractivity contribution >= 4 is 11.1 Å². The lowest BCUT2D eigenvalue weighted by Gasteiger charge is -1.92. The van der Waals surface area contributed by atoms with Gasteiger partial charge in [-0.05, 0) is 17.7 Å². The van der Waals surface area contributed by atoms with Crippen molar-refractivity contribution in [3.05, 3.63) is 30.2 Å². The number of aromatic nitrogens is 1. The second kappa shape index (κ2) is 2.36. The Labute approximate surface area is 63.8 Å². The van der Waals surface area contributed by atoms with Crippen LogP contribution >= 0.6 is 0 Å². The first-order valence-corrected chi connectivity index (χ1v) is 3.42. The molecule has 0 fully saturated rings. The van der Waals surface area contributed by atoms with Crippen LogP contribution in [0.1, 0.15) is 5.56 Å². The topological polar surface area (TPSA) is 52.0 Å². The fraction of sp³-hybridized carbons (Fsp3) is 0.125. The molecule has 0 aliphatic carbocycles. The third-order valence-electron chi connectivity index (χ3n) is 1.60. The van der Waals surface area contributed by atoms with E-state index in [4.69, 9.17) is 10.2 Å². The van der Waals surface area contributed by atoms with Crippen LogP contribution in [0.15, 0.2) is 29.0 Å². The molecule has 0 aliphatic rings. The molecule has 56 valence electrons. The van der Waals surface area contributed by atoms with Crippen LogP contribution in [0.4, 0.5) is 0 Å². The number of fused-ring (bicyclic) bond motifs is 1. The van der Waals surface area contributed by atoms with E-state index in [1.54, 1.807) is 12.5 Å². The smallest absolute Gasteiger partial charge is 0.225 e. The normalized spacial score (nSPS) is 10.6. The van der Waals surface area contributed by atoms with Crippen molar-refractivity contribution in [2.75, 3.05) is 0 Å². The first-order valence-electron chi connectivity index (χ1n) is 3.42. The summed E-state index contributed by atoms with van der Waals surface area (Å²) in [5.74, 6) is 0. The summed E-state index contributed by atoms with van der Waals surface area (Å²) in [6.07, 6.45) is 3.35. The van der Waals surface area contributed by atoms with Crippen molar-refractivity contribution in [3.8, 4) is 0 Å². The predicted octanol–water partition coefficient (Wildman–Crippen LogP) is 1.29. The highest BCUT2D eigenvalue weighted by atomic mass is 16.3. The van der Waals surface area contributed by atoms with Gasteiger partial charge in [0.05, 0.1) is 6.26 Å². The minimum absolute atomic E-state index is 0.522. The Balaban J connectivity index is 2.67. The Morgan fingerprint density at radius 3 is 3.27 bits per heavy atom. The van der Waals surface area contributed by atoms with Gasteiger partial charge in [0.1, 0.15) is 0 Å². The molecule has 0 saturated carbocycles. The highest BCUT2D eigenvalue weighted by Crippen LogP contribution is 2.13. The molecule has 2 N–H and O–H groups in total. The van der Waals surface area contributed by atoms with Crippen molar-refractivity contribution in [2.24, 2.45) is 5.73 Å². The van der Waals surface area contributed by atoms with Gasteiger partial charge < -0.3 is 10.2 Å². The molecule has 0 unspecified atom stereocenters. The van der Waals surface area contributed by atoms with E-state index in [1.165, 1.54) is 0 Å². The van der Waals surface area contributed by atoms with Crippen LogP contribution < -0.4 is 5.73 Å². The molecule has 0 aliphatic heterocycles. The molecule has 0 radical (unpaired) electrons. The van der Waals surface area contributed by atoms with Gasteiger partial charge in [-0.25, -0.2) is 4.98 Å². The average Bonchev–Trinajstić information content (AvgIpc) is 2.50. The molecular weight excluding hydrogens is 140 g/mol. The number of pyridine rings is 1. The van der Waals surface area contributed by atoms with Gasteiger partial charge in [0.2, 0.25) is 5.71 Å². The van der Waals surface area contributed by atoms with Gasteiger partial charge in [-0.2, -0.15) is 0 Å². The number of furan rings is 1. The second-order valence-electron chi connectivity index (χ2n) is 2.36. The molecule has 11 heavy (non-hydrogen) atoms. The van der Waals surface area contributed by atoms with Gasteiger partial charge in [0.25, 0.3) is 0 Å². The SMILES string of the molecule is NCc1cnc2occc2c1. The van der Waals surface area contributed by atoms with Crippen molar-refractivity contribution in [1.29, 1.82) is 0 Å². The first-order chi connectivity index (χ1) is 5.40. The molecule has 2 heterocycles. The van der Waals surface area contributed by atoms with E-state index in [1.807, 2.05) is 12.1 Å². The summed E-state index contributed by atoms with van der Waals surface area (Å²) in [6.45, 7) is 0.522. The van der Waals surface area contributed by atoms with E-state index in [2.05, 4.69) is 4.98 Å². The summed E-state index contributed by atoms with van der Waals surface area (Å²) in [5.41, 5.74) is 7.13. The number of nitrogens with two attached hydrogens (primary N) is 1. The van der Waals surface area contributed by atoms with E-state index in [0.29, 0.717) is 12.3 Å². The minimum Gasteiger partial charge on any atom is -0.446 e. The molecule has 3 heteroatoms. The lowest BCUT2D eigenvalue weighted by Crippen LogP contribution is -1.95. The summed E-state index contributed by atoms with van der Waals surface area (Å²) >= 11 is 0. The zero-order valence-corrected chi connectivity index (χ0v) is 5.95. The van der Waals surface area contributed by atoms with Crippen LogP contribution in [0, 0.1) is 0 Å². The molecule has 0 aromatic carbocycles. The Morgan fingerprint density at radius 2 is 2.45 bits per heavy atom. The van der Waals surface area contributed by atoms with Gasteiger partial charge in [-0.15, -0.1) is 0 Å². The lowest BCUT2D eigenvalue weighted by molar-refractivity contribution is 0.603. The predicted molar refractivity (Wildman–Crippen MR) is 41.9 cm³/mol. The summed E-state index contributed by atoms with van der Waals surface area (Å²) in [7, 11) is 0. The summed E-state index contributed by atoms with van der Waals surface area (Å²) in [4.78, 5) is 4.07. The third kappa shape index (κ3) is 0.991. The molecule has 2 rings (SSSR count). The summed E-state index contributed by atoms with van der Waals surface area (Å²) in [6, 6.07) is 3.85. The van der Waals surface area contributed by atoms with Gasteiger partial charge in [0.15, 0.2) is 0 Å². The Hall–Kier alpha value is -1.35. The van der Waals surface area contributed by atoms with Crippen LogP contribution in [0.25, 0.3) is 11.1 Å². The molecular formula is C8H8N2O. The molecule has 0 saturated heterocycles. The lowest BCUT2D eigenvalue weighted by atomic mass is 10.2. The van der Waals surface area contributed by atoms with Crippen molar-refractivity contribution in [3.63, 3.8) is 0 Å². The van der Waals surface area contributed by atoms with E-state index in [9.17, 15) is 0 Å². The standard InChI is InChI=1S/C8H8N2O/c9-4-6-3-7-1-2-11-8(7)10-5-6/h1-3,5H,4,9H2. The third-order valence-corrected chi connectivity index (χ3v) is 1.60. The number of hydrogen-bond acceptors (Lipinski definition) is 3. The van der Waals surface area contributed by atoms with E-state index < -0.39 is 0 Å². The highest BCUT2D eigenvalue weighted by Gasteiger charge is 1.97. The van der Waals surface area contributed by atoms with Crippen LogP contribution in [-0.4, -0.2) is 4.98 Å². The Morgan fingerprint density at radius 1 is 1.55 bits per heavy atom. The van der Waals surface area contributed by atoms with Crippen LogP contribution in [0.2, 0.25) is 0 Å². The first kappa shape index (κ1) is 6.37. The van der Waals surface area contributed by atoms with Gasteiger partial charge in [0, 0.05) is 18.1 Å². The fourth-order valence-corrected chi connectivity index (χ4v) is 1.02. The maximum Gasteiger partial charge on any atom is 0.225 e. The molecule has 2 aromatic rings. The maximum absolute atomic E-state index is 5.44. The molecule has 3 nitrogen and oxygen atoms in total. The minimum atomic E-state index is 0.522. The number of rotatable bonds is 1. The molecule has 0 bridgehead atoms. The number of nitrogens with zero attached hydrogens (tertiary/aromatic N) is 1. The van der Waals surface area contributed by atoms with E-state index >= 15 is 0 Å². The van der Waals surface area contributed by atoms with Crippen molar-refractivity contribution in [1.82, 2.24) is 4.98 Å². The second-order valence-corrected chi connectivity index (χ2v) is 2.36. The summed E-state index contributed by atoms with van der Waals surface area (Å²) in [5, 5.41) is 1.01. The largest absolute Gasteiger partial charge is 0.446 e. The highest BCUT2D eigenvalue weighted by molar-refractivity contribution is 5.73. The Kier molecular flexibility index (Phi) is 1.36. The zero-order chi connectivity index (χ0) is 7.68. The maximum atomic E-state index is 5.44. The van der Waals surface area contributed by atoms with E-state index in [0.717, 1.165) is 10.9 Å². The summed E-state index contributed by atoms with van der Waals surface area (Å²) < 4.78 is 5.07. The average molecular weight is 148 g/mol. The number of hydrogen-bond donors (Lipinski definition) is 1. The van der Waals surface area contributed by atoms with Gasteiger partial charge in [-0.3, -0.25) is 0 Å². The van der Waals surface area contributed by atoms with Crippen LogP contribution in [0.3, 0.4) is 0 Å². The fourth-order valence-electron chi connectivity index (χ4n) is 1.02. The van der Waals surface area contributed by atoms with Gasteiger partial charge >= 0.3 is 0 Å². The van der Waals surface area contributed by atoms with Crippen molar-refractivity contribution in [2.45, 2.75) is 6.54 Å². The molecule has 0 amide bonds. The molecule has 0 spiro atoms. The molecule has 2 aromatic heterocycles. The Bertz CT molecular complexity index is 367.